The number of hydrogen-bond acceptors (Lipinski definition) is 3. The lowest BCUT2D eigenvalue weighted by Crippen LogP contribution is -2.07. The highest BCUT2D eigenvalue weighted by Crippen LogP contribution is 2.29. The minimum Gasteiger partial charge on any atom is -0.493 e. The molecule has 0 aromatic heterocycles. The van der Waals surface area contributed by atoms with Crippen molar-refractivity contribution in [2.45, 2.75) is 33.1 Å². The van der Waals surface area contributed by atoms with Crippen LogP contribution in [0.1, 0.15) is 38.7 Å². The van der Waals surface area contributed by atoms with Crippen LogP contribution in [0.3, 0.4) is 0 Å². The van der Waals surface area contributed by atoms with Crippen LogP contribution >= 0.6 is 0 Å². The van der Waals surface area contributed by atoms with Gasteiger partial charge in [-0.2, -0.15) is 0 Å². The quantitative estimate of drug-likeness (QED) is 0.527. The zero-order chi connectivity index (χ0) is 19.2. The number of benzene rings is 2. The molecule has 0 saturated carbocycles. The lowest BCUT2D eigenvalue weighted by Gasteiger charge is -2.14. The van der Waals surface area contributed by atoms with Gasteiger partial charge in [0.25, 0.3) is 0 Å². The minimum atomic E-state index is -0.998. The van der Waals surface area contributed by atoms with Gasteiger partial charge in [-0.1, -0.05) is 73.5 Å². The van der Waals surface area contributed by atoms with Crippen LogP contribution in [0.2, 0.25) is 0 Å². The van der Waals surface area contributed by atoms with Crippen molar-refractivity contribution in [2.24, 2.45) is 0 Å². The van der Waals surface area contributed by atoms with Crippen LogP contribution in [0.4, 0.5) is 0 Å². The van der Waals surface area contributed by atoms with E-state index in [-0.39, 0.29) is 12.2 Å². The molecule has 26 heavy (non-hydrogen) atoms. The van der Waals surface area contributed by atoms with Gasteiger partial charge in [0, 0.05) is 12.2 Å². The Kier molecular flexibility index (Phi) is 10.5. The highest BCUT2D eigenvalue weighted by molar-refractivity contribution is 6.17. The van der Waals surface area contributed by atoms with Gasteiger partial charge in [-0.15, -0.1) is 0 Å². The van der Waals surface area contributed by atoms with Crippen molar-refractivity contribution in [3.05, 3.63) is 71.8 Å². The Morgan fingerprint density at radius 3 is 2.08 bits per heavy atom. The van der Waals surface area contributed by atoms with E-state index in [1.807, 2.05) is 42.5 Å². The molecule has 0 aliphatic rings. The molecule has 0 saturated heterocycles. The summed E-state index contributed by atoms with van der Waals surface area (Å²) in [6.45, 7) is 4.30. The first kappa shape index (κ1) is 21.5. The number of rotatable bonds is 8. The van der Waals surface area contributed by atoms with Crippen LogP contribution in [-0.4, -0.2) is 29.4 Å². The number of aliphatic hydroxyl groups excluding tert-OH is 1. The third-order valence-corrected chi connectivity index (χ3v) is 3.71. The van der Waals surface area contributed by atoms with Crippen molar-refractivity contribution in [1.82, 2.24) is 0 Å². The third kappa shape index (κ3) is 7.53. The molecular formula is C22H28O4. The molecule has 0 radical (unpaired) electrons. The number of carbonyl (C=O) groups is 1. The maximum atomic E-state index is 11.5. The van der Waals surface area contributed by atoms with Gasteiger partial charge >= 0.3 is 5.97 Å². The second-order valence-electron chi connectivity index (χ2n) is 5.79. The van der Waals surface area contributed by atoms with Gasteiger partial charge in [-0.3, -0.25) is 0 Å². The van der Waals surface area contributed by atoms with Crippen LogP contribution in [0, 0.1) is 0 Å². The normalized spacial score (nSPS) is 11.0. The summed E-state index contributed by atoms with van der Waals surface area (Å²) in [7, 11) is 0. The molecule has 0 amide bonds. The Hall–Kier alpha value is -2.59. The van der Waals surface area contributed by atoms with E-state index in [1.165, 1.54) is 0 Å². The largest absolute Gasteiger partial charge is 0.493 e. The molecule has 2 aromatic carbocycles. The van der Waals surface area contributed by atoms with E-state index >= 15 is 0 Å². The summed E-state index contributed by atoms with van der Waals surface area (Å²) < 4.78 is 5.68. The van der Waals surface area contributed by atoms with Crippen molar-refractivity contribution < 1.29 is 19.7 Å². The first-order valence-electron chi connectivity index (χ1n) is 8.87. The third-order valence-electron chi connectivity index (χ3n) is 3.71. The van der Waals surface area contributed by atoms with Crippen molar-refractivity contribution in [1.29, 1.82) is 0 Å². The monoisotopic (exact) mass is 356 g/mol. The fourth-order valence-corrected chi connectivity index (χ4v) is 2.33. The Bertz CT molecular complexity index is 651. The molecule has 0 unspecified atom stereocenters. The van der Waals surface area contributed by atoms with Crippen molar-refractivity contribution in [3.63, 3.8) is 0 Å². The summed E-state index contributed by atoms with van der Waals surface area (Å²) in [5.41, 5.74) is 1.43. The highest BCUT2D eigenvalue weighted by atomic mass is 16.5. The predicted molar refractivity (Wildman–Crippen MR) is 105 cm³/mol. The molecule has 2 aromatic rings. The molecule has 0 heterocycles. The molecule has 140 valence electrons. The average Bonchev–Trinajstić information content (AvgIpc) is 2.65. The number of aliphatic hydroxyl groups is 1. The summed E-state index contributed by atoms with van der Waals surface area (Å²) in [5.74, 6) is -0.418. The molecule has 4 nitrogen and oxygen atoms in total. The van der Waals surface area contributed by atoms with Crippen LogP contribution in [0.15, 0.2) is 66.2 Å². The summed E-state index contributed by atoms with van der Waals surface area (Å²) in [6, 6.07) is 19.1. The molecule has 0 spiro atoms. The van der Waals surface area contributed by atoms with E-state index in [2.05, 4.69) is 6.92 Å². The molecule has 0 aliphatic heterocycles. The van der Waals surface area contributed by atoms with Gasteiger partial charge in [0.2, 0.25) is 0 Å². The number of unbranched alkanes of at least 4 members (excludes halogenated alkanes) is 1. The number of ether oxygens (including phenoxy) is 1. The van der Waals surface area contributed by atoms with E-state index in [0.717, 1.165) is 12.8 Å². The zero-order valence-corrected chi connectivity index (χ0v) is 15.5. The van der Waals surface area contributed by atoms with Crippen LogP contribution < -0.4 is 4.74 Å². The van der Waals surface area contributed by atoms with E-state index < -0.39 is 5.97 Å². The fraction of sp³-hybridized carbons (Fsp3) is 0.318. The number of para-hydroxylation sites is 1. The molecule has 2 N–H and O–H groups in total. The number of carboxylic acid groups (broad SMARTS) is 1. The first-order chi connectivity index (χ1) is 12.6. The summed E-state index contributed by atoms with van der Waals surface area (Å²) in [5, 5.41) is 18.4. The van der Waals surface area contributed by atoms with Crippen LogP contribution in [0.5, 0.6) is 5.75 Å². The van der Waals surface area contributed by atoms with Gasteiger partial charge in [0.05, 0.1) is 12.2 Å². The standard InChI is InChI=1S/C16H22O4.C6H6/c1-3-4-11-20-14-8-6-5-7-13(14)15(16(18)19)12(2)9-10-17;1-2-4-6-5-3-1/h5-8,17H,3-4,9-11H2,1-2H3,(H,18,19);1-6H/b15-12+;. The van der Waals surface area contributed by atoms with Crippen LogP contribution in [-0.2, 0) is 4.79 Å². The predicted octanol–water partition coefficient (Wildman–Crippen LogP) is 4.79. The SMILES string of the molecule is CCCCOc1ccccc1/C(C(=O)O)=C(/C)CCO.c1ccccc1. The van der Waals surface area contributed by atoms with Gasteiger partial charge in [-0.05, 0) is 25.8 Å². The fourth-order valence-electron chi connectivity index (χ4n) is 2.33. The van der Waals surface area contributed by atoms with Crippen molar-refractivity contribution in [2.75, 3.05) is 13.2 Å². The van der Waals surface area contributed by atoms with E-state index in [9.17, 15) is 9.90 Å². The lowest BCUT2D eigenvalue weighted by atomic mass is 9.98. The maximum absolute atomic E-state index is 11.5. The Morgan fingerprint density at radius 2 is 1.58 bits per heavy atom. The molecule has 0 atom stereocenters. The maximum Gasteiger partial charge on any atom is 0.336 e. The molecule has 0 fully saturated rings. The number of carboxylic acids is 1. The summed E-state index contributed by atoms with van der Waals surface area (Å²) in [4.78, 5) is 11.5. The molecule has 4 heteroatoms. The van der Waals surface area contributed by atoms with Crippen molar-refractivity contribution in [3.8, 4) is 5.75 Å². The zero-order valence-electron chi connectivity index (χ0n) is 15.5. The summed E-state index contributed by atoms with van der Waals surface area (Å²) in [6.07, 6.45) is 2.29. The van der Waals surface area contributed by atoms with E-state index in [0.29, 0.717) is 29.9 Å². The topological polar surface area (TPSA) is 66.8 Å². The second-order valence-corrected chi connectivity index (χ2v) is 5.79. The summed E-state index contributed by atoms with van der Waals surface area (Å²) >= 11 is 0. The Morgan fingerprint density at radius 1 is 1.00 bits per heavy atom. The van der Waals surface area contributed by atoms with Crippen molar-refractivity contribution >= 4 is 11.5 Å². The molecular weight excluding hydrogens is 328 g/mol. The van der Waals surface area contributed by atoms with Crippen LogP contribution in [0.25, 0.3) is 5.57 Å². The number of hydrogen-bond donors (Lipinski definition) is 2. The highest BCUT2D eigenvalue weighted by Gasteiger charge is 2.18. The number of aliphatic carboxylic acids is 1. The van der Waals surface area contributed by atoms with Gasteiger partial charge in [0.1, 0.15) is 5.75 Å². The second kappa shape index (κ2) is 12.7. The Labute approximate surface area is 155 Å². The van der Waals surface area contributed by atoms with Gasteiger partial charge in [-0.25, -0.2) is 4.79 Å². The van der Waals surface area contributed by atoms with E-state index in [4.69, 9.17) is 9.84 Å². The van der Waals surface area contributed by atoms with Gasteiger partial charge < -0.3 is 14.9 Å². The molecule has 0 aliphatic carbocycles. The molecule has 2 rings (SSSR count). The minimum absolute atomic E-state index is 0.0680. The first-order valence-corrected chi connectivity index (χ1v) is 8.87. The Balaban J connectivity index is 0.000000472. The van der Waals surface area contributed by atoms with E-state index in [1.54, 1.807) is 25.1 Å². The van der Waals surface area contributed by atoms with Gasteiger partial charge in [0.15, 0.2) is 0 Å². The molecule has 0 bridgehead atoms. The lowest BCUT2D eigenvalue weighted by molar-refractivity contribution is -0.130. The smallest absolute Gasteiger partial charge is 0.336 e. The average molecular weight is 356 g/mol.